The second-order valence-electron chi connectivity index (χ2n) is 2.68. The molecule has 0 spiro atoms. The van der Waals surface area contributed by atoms with E-state index in [1.54, 1.807) is 0 Å². The van der Waals surface area contributed by atoms with E-state index in [0.717, 1.165) is 5.56 Å². The molecule has 0 fully saturated rings. The Kier molecular flexibility index (Phi) is 3.90. The van der Waals surface area contributed by atoms with E-state index >= 15 is 0 Å². The molecule has 0 aromatic heterocycles. The zero-order valence-electron chi connectivity index (χ0n) is 7.46. The van der Waals surface area contributed by atoms with Crippen molar-refractivity contribution < 1.29 is 4.79 Å². The van der Waals surface area contributed by atoms with Gasteiger partial charge in [-0.25, -0.2) is 0 Å². The van der Waals surface area contributed by atoms with Gasteiger partial charge in [0.15, 0.2) is 5.78 Å². The minimum Gasteiger partial charge on any atom is -0.294 e. The number of carbonyl (C=O) groups is 1. The van der Waals surface area contributed by atoms with E-state index in [1.807, 2.05) is 43.3 Å². The number of ketones is 1. The molecule has 0 aliphatic carbocycles. The summed E-state index contributed by atoms with van der Waals surface area (Å²) in [6.07, 6.45) is 2.37. The maximum absolute atomic E-state index is 11.2. The van der Waals surface area contributed by atoms with E-state index < -0.39 is 0 Å². The number of benzene rings is 1. The van der Waals surface area contributed by atoms with Crippen LogP contribution in [0.1, 0.15) is 18.9 Å². The Bertz CT molecular complexity index is 314. The van der Waals surface area contributed by atoms with Crippen LogP contribution in [-0.2, 0) is 4.79 Å². The second-order valence-corrected chi connectivity index (χ2v) is 3.53. The van der Waals surface area contributed by atoms with E-state index in [9.17, 15) is 4.79 Å². The minimum atomic E-state index is 0.129. The second kappa shape index (κ2) is 4.97. The van der Waals surface area contributed by atoms with Crippen molar-refractivity contribution in [2.45, 2.75) is 13.3 Å². The first-order chi connectivity index (χ1) is 6.24. The van der Waals surface area contributed by atoms with Crippen molar-refractivity contribution in [1.82, 2.24) is 0 Å². The molecule has 0 heterocycles. The van der Waals surface area contributed by atoms with E-state index in [2.05, 4.69) is 15.9 Å². The molecule has 0 saturated heterocycles. The number of hydrogen-bond acceptors (Lipinski definition) is 1. The lowest BCUT2D eigenvalue weighted by atomic mass is 10.2. The third-order valence-electron chi connectivity index (χ3n) is 1.68. The molecule has 0 amide bonds. The van der Waals surface area contributed by atoms with Crippen LogP contribution in [0.5, 0.6) is 0 Å². The van der Waals surface area contributed by atoms with Crippen LogP contribution >= 0.6 is 15.9 Å². The summed E-state index contributed by atoms with van der Waals surface area (Å²) in [5.41, 5.74) is 1.04. The largest absolute Gasteiger partial charge is 0.294 e. The van der Waals surface area contributed by atoms with Crippen LogP contribution in [0, 0.1) is 0 Å². The van der Waals surface area contributed by atoms with Gasteiger partial charge in [-0.15, -0.1) is 0 Å². The zero-order chi connectivity index (χ0) is 9.68. The van der Waals surface area contributed by atoms with Crippen LogP contribution in [0.4, 0.5) is 0 Å². The number of allylic oxidation sites excluding steroid dienone is 1. The van der Waals surface area contributed by atoms with Gasteiger partial charge in [0.1, 0.15) is 0 Å². The molecule has 0 aliphatic rings. The number of carbonyl (C=O) groups excluding carboxylic acids is 1. The highest BCUT2D eigenvalue weighted by Gasteiger charge is 2.01. The Hall–Kier alpha value is -0.890. The molecule has 0 radical (unpaired) electrons. The molecule has 0 atom stereocenters. The molecule has 1 aromatic carbocycles. The lowest BCUT2D eigenvalue weighted by molar-refractivity contribution is -0.114. The molecule has 13 heavy (non-hydrogen) atoms. The molecule has 0 unspecified atom stereocenters. The first kappa shape index (κ1) is 10.2. The molecule has 1 aromatic rings. The number of halogens is 1. The molecule has 0 bridgehead atoms. The average molecular weight is 239 g/mol. The van der Waals surface area contributed by atoms with Crippen molar-refractivity contribution in [1.29, 1.82) is 0 Å². The van der Waals surface area contributed by atoms with Crippen molar-refractivity contribution in [2.75, 3.05) is 0 Å². The summed E-state index contributed by atoms with van der Waals surface area (Å²) in [6.45, 7) is 1.85. The van der Waals surface area contributed by atoms with E-state index in [4.69, 9.17) is 0 Å². The quantitative estimate of drug-likeness (QED) is 0.739. The third-order valence-corrected chi connectivity index (χ3v) is 2.35. The lowest BCUT2D eigenvalue weighted by Gasteiger charge is -1.95. The van der Waals surface area contributed by atoms with Gasteiger partial charge < -0.3 is 0 Å². The standard InChI is InChI=1S/C11H11BrO/c1-2-11(13)10(12)8-9-6-4-3-5-7-9/h3-8H,2H2,1H3. The molecule has 2 heteroatoms. The van der Waals surface area contributed by atoms with Crippen LogP contribution in [0.25, 0.3) is 6.08 Å². The fraction of sp³-hybridized carbons (Fsp3) is 0.182. The van der Waals surface area contributed by atoms with E-state index in [0.29, 0.717) is 10.9 Å². The van der Waals surface area contributed by atoms with Gasteiger partial charge in [-0.3, -0.25) is 4.79 Å². The van der Waals surface area contributed by atoms with Crippen LogP contribution in [-0.4, -0.2) is 5.78 Å². The van der Waals surface area contributed by atoms with Gasteiger partial charge in [-0.2, -0.15) is 0 Å². The number of rotatable bonds is 3. The van der Waals surface area contributed by atoms with Crippen molar-refractivity contribution in [3.63, 3.8) is 0 Å². The third kappa shape index (κ3) is 3.15. The summed E-state index contributed by atoms with van der Waals surface area (Å²) in [5, 5.41) is 0. The monoisotopic (exact) mass is 238 g/mol. The van der Waals surface area contributed by atoms with Crippen molar-refractivity contribution in [3.8, 4) is 0 Å². The maximum atomic E-state index is 11.2. The van der Waals surface area contributed by atoms with E-state index in [-0.39, 0.29) is 5.78 Å². The average Bonchev–Trinajstić information content (AvgIpc) is 2.18. The molecule has 0 N–H and O–H groups in total. The van der Waals surface area contributed by atoms with Gasteiger partial charge in [0, 0.05) is 6.42 Å². The molecule has 0 aliphatic heterocycles. The number of Topliss-reactive ketones (excluding diaryl/α,β-unsaturated/α-hetero) is 1. The highest BCUT2D eigenvalue weighted by molar-refractivity contribution is 9.12. The summed E-state index contributed by atoms with van der Waals surface area (Å²) in [4.78, 5) is 11.2. The first-order valence-corrected chi connectivity index (χ1v) is 4.98. The van der Waals surface area contributed by atoms with Crippen LogP contribution in [0.2, 0.25) is 0 Å². The topological polar surface area (TPSA) is 17.1 Å². The summed E-state index contributed by atoms with van der Waals surface area (Å²) >= 11 is 3.25. The normalized spacial score (nSPS) is 11.4. The fourth-order valence-corrected chi connectivity index (χ4v) is 1.49. The zero-order valence-corrected chi connectivity index (χ0v) is 9.04. The Labute approximate surface area is 86.6 Å². The molecular weight excluding hydrogens is 228 g/mol. The summed E-state index contributed by atoms with van der Waals surface area (Å²) in [6, 6.07) is 9.77. The number of hydrogen-bond donors (Lipinski definition) is 0. The van der Waals surface area contributed by atoms with Crippen LogP contribution in [0.3, 0.4) is 0 Å². The van der Waals surface area contributed by atoms with Crippen molar-refractivity contribution in [3.05, 3.63) is 40.4 Å². The van der Waals surface area contributed by atoms with Gasteiger partial charge in [-0.1, -0.05) is 37.3 Å². The van der Waals surface area contributed by atoms with Crippen LogP contribution < -0.4 is 0 Å². The minimum absolute atomic E-state index is 0.129. The highest BCUT2D eigenvalue weighted by atomic mass is 79.9. The predicted octanol–water partition coefficient (Wildman–Crippen LogP) is 3.40. The fourth-order valence-electron chi connectivity index (χ4n) is 0.945. The van der Waals surface area contributed by atoms with Gasteiger partial charge in [0.05, 0.1) is 4.48 Å². The summed E-state index contributed by atoms with van der Waals surface area (Å²) < 4.78 is 0.640. The Balaban J connectivity index is 2.83. The predicted molar refractivity (Wildman–Crippen MR) is 58.6 cm³/mol. The molecule has 68 valence electrons. The van der Waals surface area contributed by atoms with Gasteiger partial charge in [0.2, 0.25) is 0 Å². The SMILES string of the molecule is CCC(=O)C(Br)=Cc1ccccc1. The summed E-state index contributed by atoms with van der Waals surface area (Å²) in [5.74, 6) is 0.129. The summed E-state index contributed by atoms with van der Waals surface area (Å²) in [7, 11) is 0. The van der Waals surface area contributed by atoms with Crippen molar-refractivity contribution >= 4 is 27.8 Å². The van der Waals surface area contributed by atoms with E-state index in [1.165, 1.54) is 0 Å². The lowest BCUT2D eigenvalue weighted by Crippen LogP contribution is -1.92. The highest BCUT2D eigenvalue weighted by Crippen LogP contribution is 2.14. The molecular formula is C11H11BrO. The first-order valence-electron chi connectivity index (χ1n) is 4.19. The maximum Gasteiger partial charge on any atom is 0.169 e. The van der Waals surface area contributed by atoms with Gasteiger partial charge in [0.25, 0.3) is 0 Å². The van der Waals surface area contributed by atoms with Gasteiger partial charge >= 0.3 is 0 Å². The van der Waals surface area contributed by atoms with Crippen molar-refractivity contribution in [2.24, 2.45) is 0 Å². The Morgan fingerprint density at radius 1 is 1.38 bits per heavy atom. The molecule has 1 nitrogen and oxygen atoms in total. The van der Waals surface area contributed by atoms with Gasteiger partial charge in [-0.05, 0) is 27.6 Å². The Morgan fingerprint density at radius 2 is 2.00 bits per heavy atom. The molecule has 0 saturated carbocycles. The smallest absolute Gasteiger partial charge is 0.169 e. The molecule has 1 rings (SSSR count). The van der Waals surface area contributed by atoms with Crippen LogP contribution in [0.15, 0.2) is 34.8 Å². The Morgan fingerprint density at radius 3 is 2.54 bits per heavy atom.